The molecule has 2 heterocycles. The molecule has 3 rings (SSSR count). The van der Waals surface area contributed by atoms with E-state index >= 15 is 0 Å². The van der Waals surface area contributed by atoms with E-state index < -0.39 is 5.97 Å². The zero-order valence-electron chi connectivity index (χ0n) is 12.0. The van der Waals surface area contributed by atoms with Gasteiger partial charge in [0.2, 0.25) is 0 Å². The molecule has 1 aliphatic heterocycles. The molecule has 1 fully saturated rings. The molecule has 0 atom stereocenters. The number of hydrogen-bond acceptors (Lipinski definition) is 4. The van der Waals surface area contributed by atoms with E-state index in [-0.39, 0.29) is 5.69 Å². The summed E-state index contributed by atoms with van der Waals surface area (Å²) in [6.45, 7) is 2.01. The molecule has 2 N–H and O–H groups in total. The van der Waals surface area contributed by atoms with Crippen LogP contribution < -0.4 is 10.2 Å². The van der Waals surface area contributed by atoms with E-state index in [4.69, 9.17) is 0 Å². The lowest BCUT2D eigenvalue weighted by Gasteiger charge is -2.34. The number of carboxylic acids is 1. The van der Waals surface area contributed by atoms with Gasteiger partial charge in [-0.25, -0.2) is 9.78 Å². The van der Waals surface area contributed by atoms with Gasteiger partial charge in [0, 0.05) is 24.2 Å². The van der Waals surface area contributed by atoms with Crippen molar-refractivity contribution >= 4 is 22.6 Å². The van der Waals surface area contributed by atoms with Crippen molar-refractivity contribution in [3.05, 3.63) is 36.0 Å². The molecule has 1 aromatic heterocycles. The number of nitrogens with zero attached hydrogens (tertiary/aromatic N) is 2. The average Bonchev–Trinajstić information content (AvgIpc) is 2.54. The second-order valence-electron chi connectivity index (χ2n) is 5.44. The largest absolute Gasteiger partial charge is 0.477 e. The second kappa shape index (κ2) is 5.69. The van der Waals surface area contributed by atoms with E-state index in [1.807, 2.05) is 31.3 Å². The fraction of sp³-hybridized carbons (Fsp3) is 0.375. The topological polar surface area (TPSA) is 65.5 Å². The predicted octanol–water partition coefficient (Wildman–Crippen LogP) is 2.12. The number of rotatable bonds is 3. The van der Waals surface area contributed by atoms with Gasteiger partial charge in [0.05, 0.1) is 5.52 Å². The number of carboxylic acid groups (broad SMARTS) is 1. The van der Waals surface area contributed by atoms with Crippen molar-refractivity contribution in [2.75, 3.05) is 25.0 Å². The Labute approximate surface area is 123 Å². The van der Waals surface area contributed by atoms with Crippen molar-refractivity contribution in [3.8, 4) is 0 Å². The Kier molecular flexibility index (Phi) is 3.75. The Balaban J connectivity index is 2.08. The summed E-state index contributed by atoms with van der Waals surface area (Å²) in [5, 5.41) is 13.6. The summed E-state index contributed by atoms with van der Waals surface area (Å²) in [6, 6.07) is 9.83. The SMILES string of the molecule is CN(c1cc(C(=O)O)nc2ccccc12)C1CCNCC1. The molecular weight excluding hydrogens is 266 g/mol. The maximum atomic E-state index is 11.3. The molecule has 21 heavy (non-hydrogen) atoms. The lowest BCUT2D eigenvalue weighted by atomic mass is 10.0. The molecule has 0 amide bonds. The molecule has 0 spiro atoms. The molecule has 0 bridgehead atoms. The predicted molar refractivity (Wildman–Crippen MR) is 83.0 cm³/mol. The Bertz CT molecular complexity index is 666. The van der Waals surface area contributed by atoms with Gasteiger partial charge in [-0.3, -0.25) is 0 Å². The van der Waals surface area contributed by atoms with E-state index in [9.17, 15) is 9.90 Å². The normalized spacial score (nSPS) is 16.0. The fourth-order valence-corrected chi connectivity index (χ4v) is 2.95. The molecule has 0 radical (unpaired) electrons. The first-order valence-corrected chi connectivity index (χ1v) is 7.23. The summed E-state index contributed by atoms with van der Waals surface area (Å²) in [5.74, 6) is -0.985. The number of piperidine rings is 1. The smallest absolute Gasteiger partial charge is 0.354 e. The van der Waals surface area contributed by atoms with E-state index in [0.717, 1.165) is 42.5 Å². The van der Waals surface area contributed by atoms with Crippen LogP contribution in [0.3, 0.4) is 0 Å². The van der Waals surface area contributed by atoms with E-state index in [0.29, 0.717) is 6.04 Å². The third kappa shape index (κ3) is 2.69. The van der Waals surface area contributed by atoms with Gasteiger partial charge in [0.15, 0.2) is 5.69 Å². The van der Waals surface area contributed by atoms with Gasteiger partial charge in [0.25, 0.3) is 0 Å². The third-order valence-electron chi connectivity index (χ3n) is 4.15. The highest BCUT2D eigenvalue weighted by atomic mass is 16.4. The minimum atomic E-state index is -0.985. The number of carbonyl (C=O) groups is 1. The van der Waals surface area contributed by atoms with Crippen LogP contribution in [0.5, 0.6) is 0 Å². The molecule has 0 unspecified atom stereocenters. The Morgan fingerprint density at radius 2 is 2.05 bits per heavy atom. The van der Waals surface area contributed by atoms with Crippen LogP contribution in [0.4, 0.5) is 5.69 Å². The second-order valence-corrected chi connectivity index (χ2v) is 5.44. The Morgan fingerprint density at radius 3 is 2.76 bits per heavy atom. The monoisotopic (exact) mass is 285 g/mol. The number of aromatic carboxylic acids is 1. The highest BCUT2D eigenvalue weighted by Crippen LogP contribution is 2.29. The fourth-order valence-electron chi connectivity index (χ4n) is 2.95. The van der Waals surface area contributed by atoms with Crippen LogP contribution in [0.25, 0.3) is 10.9 Å². The van der Waals surface area contributed by atoms with E-state index in [2.05, 4.69) is 15.2 Å². The van der Waals surface area contributed by atoms with Crippen LogP contribution in [0.1, 0.15) is 23.3 Å². The summed E-state index contributed by atoms with van der Waals surface area (Å²) in [4.78, 5) is 17.7. The van der Waals surface area contributed by atoms with Crippen LogP contribution in [0, 0.1) is 0 Å². The number of hydrogen-bond donors (Lipinski definition) is 2. The lowest BCUT2D eigenvalue weighted by molar-refractivity contribution is 0.0691. The van der Waals surface area contributed by atoms with Gasteiger partial charge in [-0.05, 0) is 38.1 Å². The molecule has 1 saturated heterocycles. The zero-order valence-corrected chi connectivity index (χ0v) is 12.0. The molecule has 110 valence electrons. The number of nitrogens with one attached hydrogen (secondary N) is 1. The zero-order chi connectivity index (χ0) is 14.8. The highest BCUT2D eigenvalue weighted by Gasteiger charge is 2.21. The van der Waals surface area contributed by atoms with Crippen molar-refractivity contribution in [2.45, 2.75) is 18.9 Å². The summed E-state index contributed by atoms with van der Waals surface area (Å²) < 4.78 is 0. The Morgan fingerprint density at radius 1 is 1.33 bits per heavy atom. The number of para-hydroxylation sites is 1. The van der Waals surface area contributed by atoms with E-state index in [1.54, 1.807) is 6.07 Å². The van der Waals surface area contributed by atoms with Crippen LogP contribution in [0.2, 0.25) is 0 Å². The van der Waals surface area contributed by atoms with Gasteiger partial charge in [0.1, 0.15) is 0 Å². The van der Waals surface area contributed by atoms with Crippen LogP contribution >= 0.6 is 0 Å². The first-order valence-electron chi connectivity index (χ1n) is 7.23. The lowest BCUT2D eigenvalue weighted by Crippen LogP contribution is -2.41. The van der Waals surface area contributed by atoms with Gasteiger partial charge < -0.3 is 15.3 Å². The molecule has 2 aromatic rings. The van der Waals surface area contributed by atoms with Crippen LogP contribution in [0.15, 0.2) is 30.3 Å². The van der Waals surface area contributed by atoms with Gasteiger partial charge >= 0.3 is 5.97 Å². The van der Waals surface area contributed by atoms with Crippen LogP contribution in [-0.4, -0.2) is 42.2 Å². The molecule has 1 aromatic carbocycles. The van der Waals surface area contributed by atoms with Crippen LogP contribution in [-0.2, 0) is 0 Å². The van der Waals surface area contributed by atoms with Gasteiger partial charge in [-0.2, -0.15) is 0 Å². The molecule has 1 aliphatic rings. The average molecular weight is 285 g/mol. The van der Waals surface area contributed by atoms with E-state index in [1.165, 1.54) is 0 Å². The van der Waals surface area contributed by atoms with Gasteiger partial charge in [-0.15, -0.1) is 0 Å². The quantitative estimate of drug-likeness (QED) is 0.904. The first-order chi connectivity index (χ1) is 10.2. The maximum absolute atomic E-state index is 11.3. The Hall–Kier alpha value is -2.14. The molecule has 5 nitrogen and oxygen atoms in total. The van der Waals surface area contributed by atoms with Crippen molar-refractivity contribution < 1.29 is 9.90 Å². The molecule has 5 heteroatoms. The summed E-state index contributed by atoms with van der Waals surface area (Å²) in [5.41, 5.74) is 1.78. The van der Waals surface area contributed by atoms with Crippen molar-refractivity contribution in [3.63, 3.8) is 0 Å². The molecule has 0 saturated carbocycles. The number of benzene rings is 1. The maximum Gasteiger partial charge on any atom is 0.354 e. The number of anilines is 1. The minimum absolute atomic E-state index is 0.101. The number of pyridine rings is 1. The van der Waals surface area contributed by atoms with Crippen molar-refractivity contribution in [2.24, 2.45) is 0 Å². The van der Waals surface area contributed by atoms with Gasteiger partial charge in [-0.1, -0.05) is 18.2 Å². The first kappa shape index (κ1) is 13.8. The standard InChI is InChI=1S/C16H19N3O2/c1-19(11-6-8-17-9-7-11)15-10-14(16(20)21)18-13-5-3-2-4-12(13)15/h2-5,10-11,17H,6-9H2,1H3,(H,20,21). The third-order valence-corrected chi connectivity index (χ3v) is 4.15. The molecule has 0 aliphatic carbocycles. The molecular formula is C16H19N3O2. The number of aromatic nitrogens is 1. The number of fused-ring (bicyclic) bond motifs is 1. The highest BCUT2D eigenvalue weighted by molar-refractivity contribution is 5.97. The summed E-state index contributed by atoms with van der Waals surface area (Å²) in [7, 11) is 2.05. The summed E-state index contributed by atoms with van der Waals surface area (Å²) >= 11 is 0. The minimum Gasteiger partial charge on any atom is -0.477 e. The van der Waals surface area contributed by atoms with Crippen molar-refractivity contribution in [1.82, 2.24) is 10.3 Å². The summed E-state index contributed by atoms with van der Waals surface area (Å²) in [6.07, 6.45) is 2.13. The van der Waals surface area contributed by atoms with Crippen molar-refractivity contribution in [1.29, 1.82) is 0 Å².